The van der Waals surface area contributed by atoms with E-state index in [-0.39, 0.29) is 18.0 Å². The molecule has 0 aliphatic carbocycles. The molecule has 0 radical (unpaired) electrons. The van der Waals surface area contributed by atoms with Crippen LogP contribution in [-0.2, 0) is 11.0 Å². The van der Waals surface area contributed by atoms with Gasteiger partial charge in [0.2, 0.25) is 5.91 Å². The monoisotopic (exact) mass is 443 g/mol. The highest BCUT2D eigenvalue weighted by Gasteiger charge is 2.31. The van der Waals surface area contributed by atoms with Crippen LogP contribution < -0.4 is 10.1 Å². The molecule has 7 heteroatoms. The summed E-state index contributed by atoms with van der Waals surface area (Å²) in [6, 6.07) is 11.1. The van der Waals surface area contributed by atoms with Gasteiger partial charge in [-0.1, -0.05) is 22.0 Å². The molecule has 0 aliphatic heterocycles. The van der Waals surface area contributed by atoms with Gasteiger partial charge in [0.05, 0.1) is 12.2 Å². The summed E-state index contributed by atoms with van der Waals surface area (Å²) in [5.74, 6) is 0.490. The number of halogens is 4. The normalized spacial score (nSPS) is 11.3. The van der Waals surface area contributed by atoms with Crippen molar-refractivity contribution in [2.75, 3.05) is 11.9 Å². The van der Waals surface area contributed by atoms with Gasteiger partial charge in [-0.05, 0) is 68.1 Å². The maximum Gasteiger partial charge on any atom is 0.416 e. The van der Waals surface area contributed by atoms with E-state index in [4.69, 9.17) is 4.74 Å². The Bertz CT molecular complexity index is 778. The highest BCUT2D eigenvalue weighted by atomic mass is 79.9. The third kappa shape index (κ3) is 7.62. The van der Waals surface area contributed by atoms with E-state index in [1.807, 2.05) is 24.3 Å². The predicted molar refractivity (Wildman–Crippen MR) is 103 cm³/mol. The average Bonchev–Trinajstić information content (AvgIpc) is 2.56. The zero-order chi connectivity index (χ0) is 19.9. The molecule has 2 aromatic rings. The number of amides is 1. The molecule has 146 valence electrons. The van der Waals surface area contributed by atoms with Crippen LogP contribution in [0, 0.1) is 6.92 Å². The highest BCUT2D eigenvalue weighted by molar-refractivity contribution is 9.10. The summed E-state index contributed by atoms with van der Waals surface area (Å²) in [6.07, 6.45) is -1.94. The second kappa shape index (κ2) is 9.78. The Morgan fingerprint density at radius 3 is 2.59 bits per heavy atom. The van der Waals surface area contributed by atoms with Crippen LogP contribution in [0.4, 0.5) is 18.9 Å². The Morgan fingerprint density at radius 2 is 1.89 bits per heavy atom. The first-order chi connectivity index (χ1) is 12.7. The minimum absolute atomic E-state index is 0.172. The lowest BCUT2D eigenvalue weighted by molar-refractivity contribution is -0.137. The van der Waals surface area contributed by atoms with Crippen molar-refractivity contribution in [1.29, 1.82) is 0 Å². The zero-order valence-corrected chi connectivity index (χ0v) is 16.5. The number of ether oxygens (including phenoxy) is 1. The van der Waals surface area contributed by atoms with Gasteiger partial charge in [-0.25, -0.2) is 0 Å². The molecule has 0 aromatic heterocycles. The molecule has 0 aliphatic rings. The number of carbonyl (C=O) groups is 1. The van der Waals surface area contributed by atoms with Crippen LogP contribution in [0.25, 0.3) is 0 Å². The first-order valence-corrected chi connectivity index (χ1v) is 9.40. The fourth-order valence-corrected chi connectivity index (χ4v) is 2.93. The van der Waals surface area contributed by atoms with Crippen LogP contribution >= 0.6 is 15.9 Å². The highest BCUT2D eigenvalue weighted by Crippen LogP contribution is 2.31. The molecular formula is C20H21BrF3NO2. The summed E-state index contributed by atoms with van der Waals surface area (Å²) in [6.45, 7) is 2.11. The first kappa shape index (κ1) is 21.3. The third-order valence-corrected chi connectivity index (χ3v) is 4.29. The minimum atomic E-state index is -4.43. The van der Waals surface area contributed by atoms with Crippen molar-refractivity contribution in [3.63, 3.8) is 0 Å². The van der Waals surface area contributed by atoms with Gasteiger partial charge in [0.1, 0.15) is 5.75 Å². The fourth-order valence-electron chi connectivity index (χ4n) is 2.55. The SMILES string of the molecule is Cc1cc(NC(=O)CCCCCOc2cccc(Br)c2)cc(C(F)(F)F)c1. The second-order valence-corrected chi connectivity index (χ2v) is 7.17. The van der Waals surface area contributed by atoms with Crippen LogP contribution in [-0.4, -0.2) is 12.5 Å². The molecule has 0 fully saturated rings. The van der Waals surface area contributed by atoms with Crippen molar-refractivity contribution in [2.45, 2.75) is 38.8 Å². The van der Waals surface area contributed by atoms with Crippen molar-refractivity contribution < 1.29 is 22.7 Å². The Morgan fingerprint density at radius 1 is 1.11 bits per heavy atom. The van der Waals surface area contributed by atoms with Crippen LogP contribution in [0.1, 0.15) is 36.8 Å². The van der Waals surface area contributed by atoms with E-state index in [0.717, 1.165) is 35.2 Å². The maximum absolute atomic E-state index is 12.8. The summed E-state index contributed by atoms with van der Waals surface area (Å²) in [5, 5.41) is 2.54. The molecule has 0 saturated carbocycles. The number of anilines is 1. The van der Waals surface area contributed by atoms with Crippen LogP contribution in [0.2, 0.25) is 0 Å². The summed E-state index contributed by atoms with van der Waals surface area (Å²) in [4.78, 5) is 11.9. The third-order valence-electron chi connectivity index (χ3n) is 3.80. The average molecular weight is 444 g/mol. The number of alkyl halides is 3. The van der Waals surface area contributed by atoms with E-state index in [0.29, 0.717) is 18.6 Å². The molecule has 0 unspecified atom stereocenters. The van der Waals surface area contributed by atoms with Gasteiger partial charge in [0, 0.05) is 16.6 Å². The van der Waals surface area contributed by atoms with Crippen LogP contribution in [0.3, 0.4) is 0 Å². The lowest BCUT2D eigenvalue weighted by Gasteiger charge is -2.11. The predicted octanol–water partition coefficient (Wildman–Crippen LogP) is 6.35. The summed E-state index contributed by atoms with van der Waals surface area (Å²) >= 11 is 3.37. The zero-order valence-electron chi connectivity index (χ0n) is 14.9. The van der Waals surface area contributed by atoms with Gasteiger partial charge < -0.3 is 10.1 Å². The Kier molecular flexibility index (Phi) is 7.71. The summed E-state index contributed by atoms with van der Waals surface area (Å²) < 4.78 is 45.0. The molecular weight excluding hydrogens is 423 g/mol. The quantitative estimate of drug-likeness (QED) is 0.482. The van der Waals surface area contributed by atoms with Gasteiger partial charge in [-0.2, -0.15) is 13.2 Å². The molecule has 0 spiro atoms. The smallest absolute Gasteiger partial charge is 0.416 e. The van der Waals surface area contributed by atoms with Crippen molar-refractivity contribution in [3.05, 3.63) is 58.1 Å². The number of nitrogens with one attached hydrogen (secondary N) is 1. The Labute approximate surface area is 165 Å². The van der Waals surface area contributed by atoms with Crippen molar-refractivity contribution >= 4 is 27.5 Å². The number of aryl methyl sites for hydroxylation is 1. The number of benzene rings is 2. The van der Waals surface area contributed by atoms with E-state index in [1.165, 1.54) is 6.07 Å². The van der Waals surface area contributed by atoms with Crippen LogP contribution in [0.15, 0.2) is 46.9 Å². The second-order valence-electron chi connectivity index (χ2n) is 6.25. The number of hydrogen-bond acceptors (Lipinski definition) is 2. The maximum atomic E-state index is 12.8. The lowest BCUT2D eigenvalue weighted by Crippen LogP contribution is -2.13. The number of unbranched alkanes of at least 4 members (excludes halogenated alkanes) is 2. The summed E-state index contributed by atoms with van der Waals surface area (Å²) in [5.41, 5.74) is -0.141. The summed E-state index contributed by atoms with van der Waals surface area (Å²) in [7, 11) is 0. The lowest BCUT2D eigenvalue weighted by atomic mass is 10.1. The number of hydrogen-bond donors (Lipinski definition) is 1. The fraction of sp³-hybridized carbons (Fsp3) is 0.350. The molecule has 27 heavy (non-hydrogen) atoms. The van der Waals surface area contributed by atoms with Crippen molar-refractivity contribution in [2.24, 2.45) is 0 Å². The molecule has 1 amide bonds. The van der Waals surface area contributed by atoms with Crippen molar-refractivity contribution in [1.82, 2.24) is 0 Å². The molecule has 0 atom stereocenters. The standard InChI is InChI=1S/C20H21BrF3NO2/c1-14-10-15(20(22,23)24)12-17(11-14)25-19(26)8-3-2-4-9-27-18-7-5-6-16(21)13-18/h5-7,10-13H,2-4,8-9H2,1H3,(H,25,26). The molecule has 0 bridgehead atoms. The molecule has 2 rings (SSSR count). The van der Waals surface area contributed by atoms with Gasteiger partial charge in [0.15, 0.2) is 0 Å². The van der Waals surface area contributed by atoms with E-state index < -0.39 is 11.7 Å². The molecule has 2 aromatic carbocycles. The van der Waals surface area contributed by atoms with Gasteiger partial charge in [-0.3, -0.25) is 4.79 Å². The Balaban J connectivity index is 1.70. The van der Waals surface area contributed by atoms with Gasteiger partial charge >= 0.3 is 6.18 Å². The largest absolute Gasteiger partial charge is 0.494 e. The number of carbonyl (C=O) groups excluding carboxylic acids is 1. The first-order valence-electron chi connectivity index (χ1n) is 8.61. The van der Waals surface area contributed by atoms with Gasteiger partial charge in [-0.15, -0.1) is 0 Å². The van der Waals surface area contributed by atoms with E-state index >= 15 is 0 Å². The van der Waals surface area contributed by atoms with E-state index in [9.17, 15) is 18.0 Å². The van der Waals surface area contributed by atoms with Crippen molar-refractivity contribution in [3.8, 4) is 5.75 Å². The number of rotatable bonds is 8. The minimum Gasteiger partial charge on any atom is -0.494 e. The molecule has 0 heterocycles. The molecule has 3 nitrogen and oxygen atoms in total. The molecule has 1 N–H and O–H groups in total. The van der Waals surface area contributed by atoms with Crippen LogP contribution in [0.5, 0.6) is 5.75 Å². The van der Waals surface area contributed by atoms with Gasteiger partial charge in [0.25, 0.3) is 0 Å². The Hall–Kier alpha value is -2.02. The van der Waals surface area contributed by atoms with E-state index in [1.54, 1.807) is 6.92 Å². The van der Waals surface area contributed by atoms with E-state index in [2.05, 4.69) is 21.2 Å². The topological polar surface area (TPSA) is 38.3 Å². The molecule has 0 saturated heterocycles.